The van der Waals surface area contributed by atoms with Crippen molar-refractivity contribution in [1.29, 1.82) is 0 Å². The Morgan fingerprint density at radius 1 is 1.41 bits per heavy atom. The summed E-state index contributed by atoms with van der Waals surface area (Å²) in [6.07, 6.45) is -0.0495. The Morgan fingerprint density at radius 2 is 2.23 bits per heavy atom. The number of hydrogen-bond donors (Lipinski definition) is 1. The highest BCUT2D eigenvalue weighted by Crippen LogP contribution is 2.29. The molecular weight excluding hydrogens is 304 g/mol. The van der Waals surface area contributed by atoms with Gasteiger partial charge in [-0.3, -0.25) is 0 Å². The third kappa shape index (κ3) is 2.74. The summed E-state index contributed by atoms with van der Waals surface area (Å²) in [5.74, 6) is 0.696. The van der Waals surface area contributed by atoms with Crippen LogP contribution in [0.15, 0.2) is 23.1 Å². The lowest BCUT2D eigenvalue weighted by molar-refractivity contribution is -0.0149. The van der Waals surface area contributed by atoms with Crippen LogP contribution in [0.2, 0.25) is 0 Å². The van der Waals surface area contributed by atoms with Crippen molar-refractivity contribution in [2.24, 2.45) is 0 Å². The molecule has 7 heteroatoms. The number of sulfonamides is 1. The molecule has 2 fully saturated rings. The highest BCUT2D eigenvalue weighted by atomic mass is 32.2. The summed E-state index contributed by atoms with van der Waals surface area (Å²) >= 11 is 0. The smallest absolute Gasteiger partial charge is 0.243 e. The largest absolute Gasteiger partial charge is 0.494 e. The second-order valence-electron chi connectivity index (χ2n) is 5.61. The number of morpholine rings is 1. The van der Waals surface area contributed by atoms with Crippen molar-refractivity contribution >= 4 is 10.0 Å². The second-order valence-corrected chi connectivity index (χ2v) is 7.47. The predicted molar refractivity (Wildman–Crippen MR) is 82.6 cm³/mol. The number of rotatable bonds is 4. The van der Waals surface area contributed by atoms with Crippen LogP contribution in [0.5, 0.6) is 5.75 Å². The fourth-order valence-corrected chi connectivity index (χ4v) is 4.99. The number of nitrogens with zero attached hydrogens (tertiary/aromatic N) is 1. The molecule has 0 bridgehead atoms. The lowest BCUT2D eigenvalue weighted by atomic mass is 10.2. The Hall–Kier alpha value is -1.15. The maximum absolute atomic E-state index is 13.0. The van der Waals surface area contributed by atoms with E-state index < -0.39 is 10.0 Å². The zero-order valence-electron chi connectivity index (χ0n) is 12.9. The van der Waals surface area contributed by atoms with Crippen molar-refractivity contribution in [2.75, 3.05) is 32.8 Å². The average Bonchev–Trinajstić information content (AvgIpc) is 2.95. The SMILES string of the molecule is CCOc1ccc(S(=O)(=O)N2CCO[C@H]3CNC[C@H]32)c(C)c1. The highest BCUT2D eigenvalue weighted by molar-refractivity contribution is 7.89. The number of nitrogens with one attached hydrogen (secondary N) is 1. The van der Waals surface area contributed by atoms with Crippen molar-refractivity contribution in [3.05, 3.63) is 23.8 Å². The van der Waals surface area contributed by atoms with Crippen LogP contribution < -0.4 is 10.1 Å². The molecule has 0 unspecified atom stereocenters. The van der Waals surface area contributed by atoms with E-state index in [2.05, 4.69) is 5.32 Å². The molecule has 0 spiro atoms. The Kier molecular flexibility index (Phi) is 4.40. The summed E-state index contributed by atoms with van der Waals surface area (Å²) in [4.78, 5) is 0.350. The molecule has 0 aliphatic carbocycles. The summed E-state index contributed by atoms with van der Waals surface area (Å²) in [5, 5.41) is 3.21. The summed E-state index contributed by atoms with van der Waals surface area (Å²) in [6, 6.07) is 5.02. The topological polar surface area (TPSA) is 67.9 Å². The minimum atomic E-state index is -3.52. The quantitative estimate of drug-likeness (QED) is 0.884. The van der Waals surface area contributed by atoms with E-state index in [1.807, 2.05) is 6.92 Å². The van der Waals surface area contributed by atoms with Crippen LogP contribution in [0, 0.1) is 6.92 Å². The van der Waals surface area contributed by atoms with Gasteiger partial charge in [0.25, 0.3) is 0 Å². The summed E-state index contributed by atoms with van der Waals surface area (Å²) in [6.45, 7) is 6.46. The van der Waals surface area contributed by atoms with E-state index in [4.69, 9.17) is 9.47 Å². The van der Waals surface area contributed by atoms with Gasteiger partial charge in [0.1, 0.15) is 5.75 Å². The lowest BCUT2D eigenvalue weighted by Gasteiger charge is -2.36. The number of aryl methyl sites for hydroxylation is 1. The van der Waals surface area contributed by atoms with Crippen LogP contribution in [-0.4, -0.2) is 57.7 Å². The van der Waals surface area contributed by atoms with Crippen molar-refractivity contribution in [3.63, 3.8) is 0 Å². The van der Waals surface area contributed by atoms with Crippen LogP contribution in [0.25, 0.3) is 0 Å². The molecule has 2 heterocycles. The molecule has 2 aliphatic rings. The fourth-order valence-electron chi connectivity index (χ4n) is 3.15. The zero-order valence-corrected chi connectivity index (χ0v) is 13.7. The minimum Gasteiger partial charge on any atom is -0.494 e. The van der Waals surface area contributed by atoms with Crippen LogP contribution in [-0.2, 0) is 14.8 Å². The molecule has 0 aromatic heterocycles. The molecule has 22 heavy (non-hydrogen) atoms. The van der Waals surface area contributed by atoms with Gasteiger partial charge in [-0.25, -0.2) is 8.42 Å². The molecule has 0 amide bonds. The normalized spacial score (nSPS) is 25.9. The first-order valence-corrected chi connectivity index (χ1v) is 9.05. The Bertz CT molecular complexity index is 647. The van der Waals surface area contributed by atoms with Gasteiger partial charge in [-0.05, 0) is 37.6 Å². The molecule has 1 N–H and O–H groups in total. The fraction of sp³-hybridized carbons (Fsp3) is 0.600. The Balaban J connectivity index is 1.92. The first-order valence-electron chi connectivity index (χ1n) is 7.61. The lowest BCUT2D eigenvalue weighted by Crippen LogP contribution is -2.53. The van der Waals surface area contributed by atoms with Gasteiger partial charge in [0.2, 0.25) is 10.0 Å². The first kappa shape index (κ1) is 15.7. The molecule has 0 radical (unpaired) electrons. The van der Waals surface area contributed by atoms with Gasteiger partial charge in [0.05, 0.1) is 30.3 Å². The number of hydrogen-bond acceptors (Lipinski definition) is 5. The van der Waals surface area contributed by atoms with E-state index >= 15 is 0 Å². The van der Waals surface area contributed by atoms with Gasteiger partial charge in [-0.2, -0.15) is 4.31 Å². The van der Waals surface area contributed by atoms with E-state index in [1.165, 1.54) is 0 Å². The molecule has 1 aromatic carbocycles. The second kappa shape index (κ2) is 6.16. The zero-order chi connectivity index (χ0) is 15.7. The van der Waals surface area contributed by atoms with E-state index in [1.54, 1.807) is 29.4 Å². The minimum absolute atomic E-state index is 0.0495. The molecule has 122 valence electrons. The first-order chi connectivity index (χ1) is 10.5. The Morgan fingerprint density at radius 3 is 2.95 bits per heavy atom. The molecule has 0 saturated carbocycles. The Labute approximate surface area is 131 Å². The molecule has 6 nitrogen and oxygen atoms in total. The van der Waals surface area contributed by atoms with Crippen LogP contribution in [0.3, 0.4) is 0 Å². The standard InChI is InChI=1S/C15H22N2O4S/c1-3-20-12-4-5-15(11(2)8-12)22(18,19)17-6-7-21-14-10-16-9-13(14)17/h4-5,8,13-14,16H,3,6-7,9-10H2,1-2H3/t13-,14+/m1/s1. The molecule has 2 saturated heterocycles. The molecule has 2 atom stereocenters. The van der Waals surface area contributed by atoms with Gasteiger partial charge in [0, 0.05) is 19.6 Å². The van der Waals surface area contributed by atoms with Crippen molar-refractivity contribution in [3.8, 4) is 5.75 Å². The van der Waals surface area contributed by atoms with Crippen LogP contribution >= 0.6 is 0 Å². The summed E-state index contributed by atoms with van der Waals surface area (Å²) in [7, 11) is -3.52. The van der Waals surface area contributed by atoms with E-state index in [0.29, 0.717) is 49.1 Å². The highest BCUT2D eigenvalue weighted by Gasteiger charge is 2.42. The van der Waals surface area contributed by atoms with Crippen LogP contribution in [0.4, 0.5) is 0 Å². The van der Waals surface area contributed by atoms with Gasteiger partial charge >= 0.3 is 0 Å². The predicted octanol–water partition coefficient (Wildman–Crippen LogP) is 0.755. The van der Waals surface area contributed by atoms with Gasteiger partial charge in [-0.1, -0.05) is 0 Å². The summed E-state index contributed by atoms with van der Waals surface area (Å²) < 4.78 is 38.7. The van der Waals surface area contributed by atoms with Crippen molar-refractivity contribution < 1.29 is 17.9 Å². The van der Waals surface area contributed by atoms with Gasteiger partial charge < -0.3 is 14.8 Å². The van der Waals surface area contributed by atoms with Gasteiger partial charge in [0.15, 0.2) is 0 Å². The molecule has 1 aromatic rings. The summed E-state index contributed by atoms with van der Waals surface area (Å²) in [5.41, 5.74) is 0.708. The number of benzene rings is 1. The third-order valence-electron chi connectivity index (χ3n) is 4.19. The number of ether oxygens (including phenoxy) is 2. The van der Waals surface area contributed by atoms with E-state index in [-0.39, 0.29) is 12.1 Å². The van der Waals surface area contributed by atoms with E-state index in [0.717, 1.165) is 0 Å². The molecule has 3 rings (SSSR count). The maximum atomic E-state index is 13.0. The van der Waals surface area contributed by atoms with Crippen molar-refractivity contribution in [2.45, 2.75) is 30.9 Å². The average molecular weight is 326 g/mol. The monoisotopic (exact) mass is 326 g/mol. The van der Waals surface area contributed by atoms with Gasteiger partial charge in [-0.15, -0.1) is 0 Å². The molecular formula is C15H22N2O4S. The van der Waals surface area contributed by atoms with E-state index in [9.17, 15) is 8.42 Å². The molecule has 2 aliphatic heterocycles. The maximum Gasteiger partial charge on any atom is 0.243 e. The number of fused-ring (bicyclic) bond motifs is 1. The van der Waals surface area contributed by atoms with Crippen molar-refractivity contribution in [1.82, 2.24) is 9.62 Å². The third-order valence-corrected chi connectivity index (χ3v) is 6.27. The van der Waals surface area contributed by atoms with Crippen LogP contribution in [0.1, 0.15) is 12.5 Å².